The molecule has 0 N–H and O–H groups in total. The molecule has 0 spiro atoms. The first-order chi connectivity index (χ1) is 15.5. The molecule has 0 saturated heterocycles. The van der Waals surface area contributed by atoms with Gasteiger partial charge in [0, 0.05) is 17.0 Å². The van der Waals surface area contributed by atoms with Crippen LogP contribution in [0.1, 0.15) is 45.5 Å². The minimum absolute atomic E-state index is 0.0973. The van der Waals surface area contributed by atoms with Gasteiger partial charge in [0.05, 0.1) is 6.61 Å². The Morgan fingerprint density at radius 1 is 0.969 bits per heavy atom. The molecule has 1 aliphatic heterocycles. The molecular formula is C27H24O5. The SMILES string of the molecule is CCOC(=O)[C@@H]1C(=O)Oc2ccccc2[C@H]1Cc1cc(C)ccc1C(=O)c1ccccc1. The van der Waals surface area contributed by atoms with Crippen LogP contribution in [0.5, 0.6) is 5.75 Å². The maximum absolute atomic E-state index is 13.3. The Morgan fingerprint density at radius 3 is 2.44 bits per heavy atom. The van der Waals surface area contributed by atoms with Crippen LogP contribution in [0.2, 0.25) is 0 Å². The second-order valence-corrected chi connectivity index (χ2v) is 7.86. The lowest BCUT2D eigenvalue weighted by Gasteiger charge is -2.31. The molecule has 0 aliphatic carbocycles. The summed E-state index contributed by atoms with van der Waals surface area (Å²) >= 11 is 0. The Bertz CT molecular complexity index is 1170. The normalized spacial score (nSPS) is 17.2. The third kappa shape index (κ3) is 4.19. The third-order valence-electron chi connectivity index (χ3n) is 5.71. The predicted octanol–water partition coefficient (Wildman–Crippen LogP) is 4.65. The van der Waals surface area contributed by atoms with Crippen LogP contribution < -0.4 is 4.74 Å². The molecule has 0 unspecified atom stereocenters. The molecule has 32 heavy (non-hydrogen) atoms. The average molecular weight is 428 g/mol. The number of hydrogen-bond acceptors (Lipinski definition) is 5. The van der Waals surface area contributed by atoms with Crippen molar-refractivity contribution in [1.82, 2.24) is 0 Å². The van der Waals surface area contributed by atoms with E-state index in [-0.39, 0.29) is 12.4 Å². The number of hydrogen-bond donors (Lipinski definition) is 0. The lowest BCUT2D eigenvalue weighted by atomic mass is 9.78. The van der Waals surface area contributed by atoms with Crippen LogP contribution in [0.25, 0.3) is 0 Å². The highest BCUT2D eigenvalue weighted by molar-refractivity contribution is 6.10. The second-order valence-electron chi connectivity index (χ2n) is 7.86. The maximum atomic E-state index is 13.3. The van der Waals surface area contributed by atoms with Gasteiger partial charge >= 0.3 is 11.9 Å². The number of benzene rings is 3. The molecule has 2 atom stereocenters. The van der Waals surface area contributed by atoms with E-state index in [0.717, 1.165) is 16.7 Å². The van der Waals surface area contributed by atoms with Crippen molar-refractivity contribution in [3.8, 4) is 5.75 Å². The van der Waals surface area contributed by atoms with Crippen molar-refractivity contribution >= 4 is 17.7 Å². The largest absolute Gasteiger partial charge is 0.465 e. The predicted molar refractivity (Wildman–Crippen MR) is 120 cm³/mol. The highest BCUT2D eigenvalue weighted by Crippen LogP contribution is 2.41. The molecule has 162 valence electrons. The lowest BCUT2D eigenvalue weighted by molar-refractivity contribution is -0.159. The molecule has 3 aromatic carbocycles. The van der Waals surface area contributed by atoms with Crippen LogP contribution >= 0.6 is 0 Å². The number of esters is 2. The fourth-order valence-corrected chi connectivity index (χ4v) is 4.21. The van der Waals surface area contributed by atoms with Crippen LogP contribution in [0, 0.1) is 12.8 Å². The number of para-hydroxylation sites is 1. The standard InChI is InChI=1S/C27H24O5/c1-3-31-26(29)24-22(21-11-7-8-12-23(21)32-27(24)30)16-19-15-17(2)13-14-20(19)25(28)18-9-5-4-6-10-18/h4-15,22,24H,3,16H2,1-2H3/t22-,24-/m1/s1. The minimum Gasteiger partial charge on any atom is -0.465 e. The number of ketones is 1. The van der Waals surface area contributed by atoms with Crippen molar-refractivity contribution in [3.05, 3.63) is 101 Å². The topological polar surface area (TPSA) is 69.7 Å². The van der Waals surface area contributed by atoms with Crippen molar-refractivity contribution < 1.29 is 23.9 Å². The number of rotatable bonds is 6. The number of aryl methyl sites for hydroxylation is 1. The molecule has 3 aromatic rings. The summed E-state index contributed by atoms with van der Waals surface area (Å²) in [6.45, 7) is 3.82. The first-order valence-electron chi connectivity index (χ1n) is 10.7. The fraction of sp³-hybridized carbons (Fsp3) is 0.222. The van der Waals surface area contributed by atoms with Crippen LogP contribution in [0.3, 0.4) is 0 Å². The van der Waals surface area contributed by atoms with Crippen LogP contribution in [0.15, 0.2) is 72.8 Å². The first kappa shape index (κ1) is 21.5. The number of carbonyl (C=O) groups is 3. The molecule has 0 bridgehead atoms. The van der Waals surface area contributed by atoms with E-state index >= 15 is 0 Å². The second kappa shape index (κ2) is 9.18. The summed E-state index contributed by atoms with van der Waals surface area (Å²) in [5.74, 6) is -2.50. The van der Waals surface area contributed by atoms with E-state index in [1.54, 1.807) is 31.2 Å². The molecule has 0 amide bonds. The van der Waals surface area contributed by atoms with Crippen molar-refractivity contribution in [2.45, 2.75) is 26.2 Å². The van der Waals surface area contributed by atoms with Gasteiger partial charge in [-0.15, -0.1) is 0 Å². The summed E-state index contributed by atoms with van der Waals surface area (Å²) in [5.41, 5.74) is 3.67. The summed E-state index contributed by atoms with van der Waals surface area (Å²) in [5, 5.41) is 0. The Labute approximate surface area is 187 Å². The Kier molecular flexibility index (Phi) is 6.17. The van der Waals surface area contributed by atoms with E-state index in [4.69, 9.17) is 9.47 Å². The van der Waals surface area contributed by atoms with E-state index in [1.165, 1.54) is 0 Å². The summed E-state index contributed by atoms with van der Waals surface area (Å²) in [6.07, 6.45) is 0.325. The minimum atomic E-state index is -1.09. The average Bonchev–Trinajstić information content (AvgIpc) is 2.79. The molecular weight excluding hydrogens is 404 g/mol. The highest BCUT2D eigenvalue weighted by Gasteiger charge is 2.43. The first-order valence-corrected chi connectivity index (χ1v) is 10.7. The maximum Gasteiger partial charge on any atom is 0.326 e. The lowest BCUT2D eigenvalue weighted by Crippen LogP contribution is -2.39. The van der Waals surface area contributed by atoms with Gasteiger partial charge in [0.2, 0.25) is 0 Å². The van der Waals surface area contributed by atoms with Crippen LogP contribution in [0.4, 0.5) is 0 Å². The Morgan fingerprint density at radius 2 is 1.69 bits per heavy atom. The van der Waals surface area contributed by atoms with Crippen molar-refractivity contribution in [2.75, 3.05) is 6.61 Å². The summed E-state index contributed by atoms with van der Waals surface area (Å²) in [4.78, 5) is 38.8. The van der Waals surface area contributed by atoms with E-state index in [2.05, 4.69) is 0 Å². The molecule has 1 aliphatic rings. The quantitative estimate of drug-likeness (QED) is 0.247. The van der Waals surface area contributed by atoms with Crippen molar-refractivity contribution in [2.24, 2.45) is 5.92 Å². The number of carbonyl (C=O) groups excluding carboxylic acids is 3. The zero-order valence-corrected chi connectivity index (χ0v) is 18.0. The zero-order chi connectivity index (χ0) is 22.7. The van der Waals surface area contributed by atoms with Gasteiger partial charge in [0.1, 0.15) is 5.75 Å². The van der Waals surface area contributed by atoms with E-state index in [9.17, 15) is 14.4 Å². The Hall–Kier alpha value is -3.73. The fourth-order valence-electron chi connectivity index (χ4n) is 4.21. The van der Waals surface area contributed by atoms with Crippen molar-refractivity contribution in [1.29, 1.82) is 0 Å². The van der Waals surface area contributed by atoms with Crippen LogP contribution in [-0.2, 0) is 20.7 Å². The summed E-state index contributed by atoms with van der Waals surface area (Å²) < 4.78 is 10.6. The van der Waals surface area contributed by atoms with E-state index < -0.39 is 23.8 Å². The molecule has 4 rings (SSSR count). The molecule has 0 fully saturated rings. The van der Waals surface area contributed by atoms with E-state index in [0.29, 0.717) is 23.3 Å². The van der Waals surface area contributed by atoms with Gasteiger partial charge < -0.3 is 9.47 Å². The molecule has 0 aromatic heterocycles. The van der Waals surface area contributed by atoms with Gasteiger partial charge in [-0.05, 0) is 37.5 Å². The van der Waals surface area contributed by atoms with Gasteiger partial charge in [-0.3, -0.25) is 14.4 Å². The number of ether oxygens (including phenoxy) is 2. The number of fused-ring (bicyclic) bond motifs is 1. The molecule has 5 heteroatoms. The van der Waals surface area contributed by atoms with Crippen molar-refractivity contribution in [3.63, 3.8) is 0 Å². The third-order valence-corrected chi connectivity index (χ3v) is 5.71. The van der Waals surface area contributed by atoms with Crippen LogP contribution in [-0.4, -0.2) is 24.3 Å². The molecule has 0 radical (unpaired) electrons. The molecule has 5 nitrogen and oxygen atoms in total. The summed E-state index contributed by atoms with van der Waals surface area (Å²) in [6, 6.07) is 21.9. The van der Waals surface area contributed by atoms with Gasteiger partial charge in [-0.2, -0.15) is 0 Å². The summed E-state index contributed by atoms with van der Waals surface area (Å²) in [7, 11) is 0. The smallest absolute Gasteiger partial charge is 0.326 e. The van der Waals surface area contributed by atoms with Gasteiger partial charge in [0.15, 0.2) is 11.7 Å². The monoisotopic (exact) mass is 428 g/mol. The molecule has 0 saturated carbocycles. The van der Waals surface area contributed by atoms with Gasteiger partial charge in [-0.1, -0.05) is 72.3 Å². The highest BCUT2D eigenvalue weighted by atomic mass is 16.6. The zero-order valence-electron chi connectivity index (χ0n) is 18.0. The molecule has 1 heterocycles. The Balaban J connectivity index is 1.79. The van der Waals surface area contributed by atoms with Gasteiger partial charge in [0.25, 0.3) is 0 Å². The van der Waals surface area contributed by atoms with Gasteiger partial charge in [-0.25, -0.2) is 0 Å². The van der Waals surface area contributed by atoms with E-state index in [1.807, 2.05) is 55.5 Å².